The molecule has 0 heterocycles. The molecule has 80 valence electrons. The van der Waals surface area contributed by atoms with Gasteiger partial charge in [0.15, 0.2) is 0 Å². The predicted molar refractivity (Wildman–Crippen MR) is 55.4 cm³/mol. The van der Waals surface area contributed by atoms with Crippen LogP contribution in [0.5, 0.6) is 0 Å². The Bertz CT molecular complexity index is 434. The number of carbonyl (C=O) groups is 2. The lowest BCUT2D eigenvalue weighted by Crippen LogP contribution is -2.13. The molecule has 0 aliphatic rings. The van der Waals surface area contributed by atoms with Crippen molar-refractivity contribution in [2.24, 2.45) is 0 Å². The number of carbonyl (C=O) groups excluding carboxylic acids is 1. The third kappa shape index (κ3) is 2.53. The third-order valence-electron chi connectivity index (χ3n) is 1.62. The number of anilines is 1. The van der Waals surface area contributed by atoms with Crippen LogP contribution in [0.25, 0.3) is 0 Å². The number of carboxylic acid groups (broad SMARTS) is 1. The Morgan fingerprint density at radius 1 is 1.47 bits per heavy atom. The monoisotopic (exact) mass is 275 g/mol. The van der Waals surface area contributed by atoms with Crippen molar-refractivity contribution in [3.05, 3.63) is 28.0 Å². The average Bonchev–Trinajstić information content (AvgIpc) is 2.10. The topological polar surface area (TPSA) is 66.4 Å². The van der Waals surface area contributed by atoms with Gasteiger partial charge in [0.25, 0.3) is 0 Å². The molecule has 0 aliphatic heterocycles. The van der Waals surface area contributed by atoms with Crippen LogP contribution in [0.3, 0.4) is 0 Å². The van der Waals surface area contributed by atoms with E-state index in [4.69, 9.17) is 5.11 Å². The van der Waals surface area contributed by atoms with Crippen molar-refractivity contribution in [1.82, 2.24) is 0 Å². The number of hydrogen-bond acceptors (Lipinski definition) is 2. The minimum atomic E-state index is -1.31. The van der Waals surface area contributed by atoms with Gasteiger partial charge in [-0.1, -0.05) is 0 Å². The highest BCUT2D eigenvalue weighted by Gasteiger charge is 2.18. The zero-order valence-electron chi connectivity index (χ0n) is 7.67. The first-order valence-corrected chi connectivity index (χ1v) is 4.71. The lowest BCUT2D eigenvalue weighted by molar-refractivity contribution is -0.114. The van der Waals surface area contributed by atoms with Crippen molar-refractivity contribution in [2.75, 3.05) is 5.32 Å². The molecule has 0 saturated heterocycles. The van der Waals surface area contributed by atoms with Crippen LogP contribution in [-0.2, 0) is 4.79 Å². The third-order valence-corrected chi connectivity index (χ3v) is 2.28. The Morgan fingerprint density at radius 2 is 2.07 bits per heavy atom. The molecule has 0 aromatic heterocycles. The predicted octanol–water partition coefficient (Wildman–Crippen LogP) is 2.24. The molecule has 1 aromatic carbocycles. The Kier molecular flexibility index (Phi) is 3.41. The summed E-state index contributed by atoms with van der Waals surface area (Å²) in [6.45, 7) is 1.17. The first-order valence-electron chi connectivity index (χ1n) is 3.92. The summed E-state index contributed by atoms with van der Waals surface area (Å²) in [4.78, 5) is 21.6. The van der Waals surface area contributed by atoms with Crippen molar-refractivity contribution < 1.29 is 19.1 Å². The maximum atomic E-state index is 13.3. The molecule has 1 amide bonds. The van der Waals surface area contributed by atoms with Gasteiger partial charge in [0, 0.05) is 11.4 Å². The summed E-state index contributed by atoms with van der Waals surface area (Å²) in [5, 5.41) is 11.0. The van der Waals surface area contributed by atoms with E-state index in [2.05, 4.69) is 21.2 Å². The molecule has 0 saturated carbocycles. The summed E-state index contributed by atoms with van der Waals surface area (Å²) in [6, 6.07) is 2.34. The standard InChI is InChI=1S/C9H7BrFNO3/c1-4(13)12-8-6(11)3-2-5(10)7(8)9(14)15/h2-3H,1H3,(H,12,13)(H,14,15). The first kappa shape index (κ1) is 11.6. The smallest absolute Gasteiger partial charge is 0.339 e. The van der Waals surface area contributed by atoms with Gasteiger partial charge in [0.2, 0.25) is 5.91 Å². The number of rotatable bonds is 2. The van der Waals surface area contributed by atoms with E-state index in [1.54, 1.807) is 0 Å². The fraction of sp³-hybridized carbons (Fsp3) is 0.111. The summed E-state index contributed by atoms with van der Waals surface area (Å²) in [6.07, 6.45) is 0. The molecule has 0 bridgehead atoms. The van der Waals surface area contributed by atoms with E-state index >= 15 is 0 Å². The summed E-state index contributed by atoms with van der Waals surface area (Å²) in [7, 11) is 0. The van der Waals surface area contributed by atoms with Gasteiger partial charge in [-0.3, -0.25) is 4.79 Å². The second kappa shape index (κ2) is 4.39. The number of carboxylic acids is 1. The van der Waals surface area contributed by atoms with Gasteiger partial charge in [-0.15, -0.1) is 0 Å². The van der Waals surface area contributed by atoms with E-state index in [-0.39, 0.29) is 15.7 Å². The molecular formula is C9H7BrFNO3. The number of hydrogen-bond donors (Lipinski definition) is 2. The van der Waals surface area contributed by atoms with Gasteiger partial charge in [0.05, 0.1) is 5.69 Å². The lowest BCUT2D eigenvalue weighted by atomic mass is 10.1. The molecule has 1 aromatic rings. The van der Waals surface area contributed by atoms with Crippen molar-refractivity contribution in [3.8, 4) is 0 Å². The molecular weight excluding hydrogens is 269 g/mol. The highest BCUT2D eigenvalue weighted by molar-refractivity contribution is 9.10. The molecule has 0 unspecified atom stereocenters. The quantitative estimate of drug-likeness (QED) is 0.870. The number of aromatic carboxylic acids is 1. The van der Waals surface area contributed by atoms with E-state index in [9.17, 15) is 14.0 Å². The zero-order chi connectivity index (χ0) is 11.6. The Hall–Kier alpha value is -1.43. The van der Waals surface area contributed by atoms with E-state index in [1.807, 2.05) is 0 Å². The van der Waals surface area contributed by atoms with Crippen LogP contribution in [0.1, 0.15) is 17.3 Å². The van der Waals surface area contributed by atoms with Gasteiger partial charge < -0.3 is 10.4 Å². The number of benzene rings is 1. The highest BCUT2D eigenvalue weighted by Crippen LogP contribution is 2.27. The van der Waals surface area contributed by atoms with Crippen molar-refractivity contribution in [3.63, 3.8) is 0 Å². The fourth-order valence-corrected chi connectivity index (χ4v) is 1.56. The van der Waals surface area contributed by atoms with E-state index in [1.165, 1.54) is 13.0 Å². The van der Waals surface area contributed by atoms with Crippen LogP contribution < -0.4 is 5.32 Å². The molecule has 1 rings (SSSR count). The Balaban J connectivity index is 3.38. The minimum absolute atomic E-state index is 0.208. The summed E-state index contributed by atoms with van der Waals surface area (Å²) in [5.41, 5.74) is -0.630. The molecule has 0 fully saturated rings. The van der Waals surface area contributed by atoms with Gasteiger partial charge in [-0.05, 0) is 28.1 Å². The first-order chi connectivity index (χ1) is 6.93. The minimum Gasteiger partial charge on any atom is -0.478 e. The average molecular weight is 276 g/mol. The van der Waals surface area contributed by atoms with Crippen LogP contribution in [-0.4, -0.2) is 17.0 Å². The summed E-state index contributed by atoms with van der Waals surface area (Å²) >= 11 is 2.97. The molecule has 0 aliphatic carbocycles. The van der Waals surface area contributed by atoms with Gasteiger partial charge in [0.1, 0.15) is 11.4 Å². The second-order valence-electron chi connectivity index (χ2n) is 2.77. The van der Waals surface area contributed by atoms with Crippen LogP contribution >= 0.6 is 15.9 Å². The number of halogens is 2. The number of nitrogens with one attached hydrogen (secondary N) is 1. The number of amides is 1. The van der Waals surface area contributed by atoms with Gasteiger partial charge >= 0.3 is 5.97 Å². The Morgan fingerprint density at radius 3 is 2.53 bits per heavy atom. The Labute approximate surface area is 93.2 Å². The summed E-state index contributed by atoms with van der Waals surface area (Å²) < 4.78 is 13.5. The van der Waals surface area contributed by atoms with Gasteiger partial charge in [-0.2, -0.15) is 0 Å². The summed E-state index contributed by atoms with van der Waals surface area (Å²) in [5.74, 6) is -2.63. The van der Waals surface area contributed by atoms with Crippen molar-refractivity contribution >= 4 is 33.5 Å². The molecule has 4 nitrogen and oxygen atoms in total. The SMILES string of the molecule is CC(=O)Nc1c(F)ccc(Br)c1C(=O)O. The largest absolute Gasteiger partial charge is 0.478 e. The second-order valence-corrected chi connectivity index (χ2v) is 3.62. The van der Waals surface area contributed by atoms with E-state index in [0.29, 0.717) is 0 Å². The van der Waals surface area contributed by atoms with Crippen LogP contribution in [0.15, 0.2) is 16.6 Å². The van der Waals surface area contributed by atoms with E-state index in [0.717, 1.165) is 6.07 Å². The van der Waals surface area contributed by atoms with Crippen LogP contribution in [0.2, 0.25) is 0 Å². The fourth-order valence-electron chi connectivity index (χ4n) is 1.06. The lowest BCUT2D eigenvalue weighted by Gasteiger charge is -2.09. The maximum absolute atomic E-state index is 13.3. The zero-order valence-corrected chi connectivity index (χ0v) is 9.26. The molecule has 2 N–H and O–H groups in total. The van der Waals surface area contributed by atoms with Crippen LogP contribution in [0, 0.1) is 5.82 Å². The normalized spacial score (nSPS) is 9.80. The molecule has 6 heteroatoms. The molecule has 0 spiro atoms. The molecule has 0 radical (unpaired) electrons. The molecule has 15 heavy (non-hydrogen) atoms. The highest BCUT2D eigenvalue weighted by atomic mass is 79.9. The van der Waals surface area contributed by atoms with Crippen LogP contribution in [0.4, 0.5) is 10.1 Å². The van der Waals surface area contributed by atoms with Crippen molar-refractivity contribution in [1.29, 1.82) is 0 Å². The van der Waals surface area contributed by atoms with E-state index < -0.39 is 17.7 Å². The van der Waals surface area contributed by atoms with Gasteiger partial charge in [-0.25, -0.2) is 9.18 Å². The maximum Gasteiger partial charge on any atom is 0.339 e. The van der Waals surface area contributed by atoms with Crippen molar-refractivity contribution in [2.45, 2.75) is 6.92 Å². The molecule has 0 atom stereocenters.